The number of unbranched alkanes of at least 4 members (excludes halogenated alkanes) is 1. The number of nitrogens with one attached hydrogen (secondary N) is 1. The molecule has 20 heavy (non-hydrogen) atoms. The second-order valence-electron chi connectivity index (χ2n) is 5.16. The van der Waals surface area contributed by atoms with E-state index in [0.717, 1.165) is 17.8 Å². The van der Waals surface area contributed by atoms with Crippen LogP contribution in [0.15, 0.2) is 30.6 Å². The smallest absolute Gasteiger partial charge is 0.0802 e. The third-order valence-corrected chi connectivity index (χ3v) is 3.44. The van der Waals surface area contributed by atoms with Crippen LogP contribution in [0, 0.1) is 6.92 Å². The first-order valence-corrected chi connectivity index (χ1v) is 7.41. The molecule has 0 aliphatic heterocycles. The van der Waals surface area contributed by atoms with Crippen LogP contribution in [-0.2, 0) is 0 Å². The van der Waals surface area contributed by atoms with Gasteiger partial charge in [-0.2, -0.15) is 0 Å². The fourth-order valence-electron chi connectivity index (χ4n) is 2.20. The maximum absolute atomic E-state index is 6.02. The number of hydrazine groups is 1. The van der Waals surface area contributed by atoms with Crippen molar-refractivity contribution in [2.75, 3.05) is 10.3 Å². The van der Waals surface area contributed by atoms with E-state index >= 15 is 0 Å². The van der Waals surface area contributed by atoms with Crippen LogP contribution in [0.4, 0.5) is 11.4 Å². The van der Waals surface area contributed by atoms with Crippen LogP contribution in [0.5, 0.6) is 0 Å². The summed E-state index contributed by atoms with van der Waals surface area (Å²) in [5, 5.41) is 5.16. The molecule has 0 aromatic heterocycles. The van der Waals surface area contributed by atoms with Gasteiger partial charge >= 0.3 is 0 Å². The van der Waals surface area contributed by atoms with Crippen molar-refractivity contribution >= 4 is 11.4 Å². The van der Waals surface area contributed by atoms with E-state index in [1.54, 1.807) is 11.2 Å². The van der Waals surface area contributed by atoms with Crippen LogP contribution in [-0.4, -0.2) is 6.04 Å². The van der Waals surface area contributed by atoms with Crippen LogP contribution < -0.4 is 21.9 Å². The van der Waals surface area contributed by atoms with E-state index in [2.05, 4.69) is 44.3 Å². The number of hydrogen-bond donors (Lipinski definition) is 3. The molecule has 4 nitrogen and oxygen atoms in total. The highest BCUT2D eigenvalue weighted by atomic mass is 15.4. The zero-order valence-corrected chi connectivity index (χ0v) is 12.9. The second-order valence-corrected chi connectivity index (χ2v) is 5.16. The van der Waals surface area contributed by atoms with Crippen molar-refractivity contribution < 1.29 is 0 Å². The minimum absolute atomic E-state index is 0.478. The Morgan fingerprint density at radius 3 is 2.70 bits per heavy atom. The van der Waals surface area contributed by atoms with Gasteiger partial charge in [0, 0.05) is 18.4 Å². The van der Waals surface area contributed by atoms with Gasteiger partial charge in [0.25, 0.3) is 0 Å². The highest BCUT2D eigenvalue weighted by molar-refractivity contribution is 5.71. The number of anilines is 2. The minimum Gasteiger partial charge on any atom is -0.403 e. The van der Waals surface area contributed by atoms with Crippen LogP contribution in [0.1, 0.15) is 45.1 Å². The zero-order chi connectivity index (χ0) is 15.0. The first-order valence-electron chi connectivity index (χ1n) is 7.41. The Kier molecular flexibility index (Phi) is 6.94. The Balaban J connectivity index is 2.92. The molecular weight excluding hydrogens is 248 g/mol. The topological polar surface area (TPSA) is 67.3 Å². The van der Waals surface area contributed by atoms with Crippen molar-refractivity contribution in [3.63, 3.8) is 0 Å². The molecule has 0 saturated carbocycles. The summed E-state index contributed by atoms with van der Waals surface area (Å²) in [6.45, 7) is 6.49. The molecule has 0 saturated heterocycles. The molecule has 112 valence electrons. The highest BCUT2D eigenvalue weighted by Gasteiger charge is 2.11. The largest absolute Gasteiger partial charge is 0.403 e. The summed E-state index contributed by atoms with van der Waals surface area (Å²) in [6, 6.07) is 6.73. The fraction of sp³-hybridized carbons (Fsp3) is 0.500. The quantitative estimate of drug-likeness (QED) is 0.502. The molecule has 0 amide bonds. The summed E-state index contributed by atoms with van der Waals surface area (Å²) in [5.74, 6) is 6.02. The molecule has 1 rings (SSSR count). The Labute approximate surface area is 122 Å². The molecule has 0 bridgehead atoms. The van der Waals surface area contributed by atoms with E-state index < -0.39 is 0 Å². The lowest BCUT2D eigenvalue weighted by Crippen LogP contribution is -2.27. The van der Waals surface area contributed by atoms with Crippen molar-refractivity contribution in [3.8, 4) is 0 Å². The molecule has 4 heteroatoms. The molecule has 0 spiro atoms. The van der Waals surface area contributed by atoms with Crippen molar-refractivity contribution in [3.05, 3.63) is 36.2 Å². The first-order chi connectivity index (χ1) is 9.62. The van der Waals surface area contributed by atoms with Gasteiger partial charge in [0.05, 0.1) is 11.4 Å². The van der Waals surface area contributed by atoms with Gasteiger partial charge in [0.15, 0.2) is 0 Å². The maximum Gasteiger partial charge on any atom is 0.0802 e. The predicted octanol–water partition coefficient (Wildman–Crippen LogP) is 3.49. The highest BCUT2D eigenvalue weighted by Crippen LogP contribution is 2.27. The summed E-state index contributed by atoms with van der Waals surface area (Å²) in [7, 11) is 0. The molecule has 0 fully saturated rings. The lowest BCUT2D eigenvalue weighted by molar-refractivity contribution is 0.593. The van der Waals surface area contributed by atoms with E-state index in [1.807, 2.05) is 0 Å². The normalized spacial score (nSPS) is 12.6. The van der Waals surface area contributed by atoms with E-state index in [4.69, 9.17) is 11.6 Å². The number of aryl methyl sites for hydroxylation is 1. The number of nitrogens with zero attached hydrogens (tertiary/aromatic N) is 1. The van der Waals surface area contributed by atoms with Crippen molar-refractivity contribution in [1.29, 1.82) is 0 Å². The van der Waals surface area contributed by atoms with Crippen molar-refractivity contribution in [1.82, 2.24) is 0 Å². The summed E-state index contributed by atoms with van der Waals surface area (Å²) in [6.07, 6.45) is 7.84. The van der Waals surface area contributed by atoms with Crippen molar-refractivity contribution in [2.24, 2.45) is 11.6 Å². The first kappa shape index (κ1) is 16.4. The number of hydrogen-bond acceptors (Lipinski definition) is 4. The van der Waals surface area contributed by atoms with Gasteiger partial charge in [-0.05, 0) is 37.5 Å². The van der Waals surface area contributed by atoms with Gasteiger partial charge in [0.2, 0.25) is 0 Å². The molecule has 0 aliphatic carbocycles. The molecule has 0 radical (unpaired) electrons. The fourth-order valence-corrected chi connectivity index (χ4v) is 2.20. The minimum atomic E-state index is 0.478. The standard InChI is InChI=1S/C16H28N4/c1-4-6-7-14(5-2)19-15-9-8-13(3)12-16(15)20(18)11-10-17/h8-12,14,19H,4-7,17-18H2,1-3H3/b11-10-. The van der Waals surface area contributed by atoms with Gasteiger partial charge < -0.3 is 11.1 Å². The van der Waals surface area contributed by atoms with Crippen molar-refractivity contribution in [2.45, 2.75) is 52.5 Å². The van der Waals surface area contributed by atoms with Crippen LogP contribution >= 0.6 is 0 Å². The lowest BCUT2D eigenvalue weighted by Gasteiger charge is -2.24. The second kappa shape index (κ2) is 8.48. The molecular formula is C16H28N4. The van der Waals surface area contributed by atoms with E-state index in [9.17, 15) is 0 Å². The zero-order valence-electron chi connectivity index (χ0n) is 12.9. The Bertz CT molecular complexity index is 428. The average Bonchev–Trinajstić information content (AvgIpc) is 2.45. The predicted molar refractivity (Wildman–Crippen MR) is 88.4 cm³/mol. The molecule has 0 aliphatic rings. The van der Waals surface area contributed by atoms with Gasteiger partial charge in [-0.1, -0.05) is 32.8 Å². The van der Waals surface area contributed by atoms with Crippen LogP contribution in [0.3, 0.4) is 0 Å². The summed E-state index contributed by atoms with van der Waals surface area (Å²) < 4.78 is 0. The number of nitrogens with two attached hydrogens (primary N) is 2. The van der Waals surface area contributed by atoms with Gasteiger partial charge in [-0.15, -0.1) is 0 Å². The van der Waals surface area contributed by atoms with E-state index in [0.29, 0.717) is 6.04 Å². The van der Waals surface area contributed by atoms with Gasteiger partial charge in [-0.25, -0.2) is 5.84 Å². The monoisotopic (exact) mass is 276 g/mol. The average molecular weight is 276 g/mol. The third-order valence-electron chi connectivity index (χ3n) is 3.44. The SMILES string of the molecule is CCCCC(CC)Nc1ccc(C)cc1N(N)/C=C\N. The third kappa shape index (κ3) is 4.78. The lowest BCUT2D eigenvalue weighted by atomic mass is 10.1. The van der Waals surface area contributed by atoms with Crippen LogP contribution in [0.25, 0.3) is 0 Å². The summed E-state index contributed by atoms with van der Waals surface area (Å²) in [4.78, 5) is 0. The molecule has 5 N–H and O–H groups in total. The Morgan fingerprint density at radius 1 is 1.35 bits per heavy atom. The maximum atomic E-state index is 6.02. The van der Waals surface area contributed by atoms with Gasteiger partial charge in [0.1, 0.15) is 0 Å². The van der Waals surface area contributed by atoms with Crippen LogP contribution in [0.2, 0.25) is 0 Å². The summed E-state index contributed by atoms with van der Waals surface area (Å²) in [5.41, 5.74) is 8.60. The molecule has 1 aromatic rings. The van der Waals surface area contributed by atoms with E-state index in [1.165, 1.54) is 31.0 Å². The molecule has 1 atom stereocenters. The number of benzene rings is 1. The Morgan fingerprint density at radius 2 is 2.10 bits per heavy atom. The summed E-state index contributed by atoms with van der Waals surface area (Å²) >= 11 is 0. The Hall–Kier alpha value is -1.68. The number of rotatable bonds is 8. The molecule has 0 heterocycles. The molecule has 1 unspecified atom stereocenters. The van der Waals surface area contributed by atoms with Gasteiger partial charge in [-0.3, -0.25) is 5.01 Å². The van der Waals surface area contributed by atoms with E-state index in [-0.39, 0.29) is 0 Å². The molecule has 1 aromatic carbocycles.